The van der Waals surface area contributed by atoms with Gasteiger partial charge in [-0.3, -0.25) is 0 Å². The molecule has 0 fully saturated rings. The largest absolute Gasteiger partial charge is 0.455 e. The Morgan fingerprint density at radius 2 is 0.906 bits per heavy atom. The van der Waals surface area contributed by atoms with Crippen LogP contribution in [-0.4, -0.2) is 15.0 Å². The minimum Gasteiger partial charge on any atom is -0.455 e. The van der Waals surface area contributed by atoms with E-state index in [0.29, 0.717) is 17.5 Å². The molecule has 0 spiro atoms. The van der Waals surface area contributed by atoms with Crippen LogP contribution in [0, 0.1) is 0 Å². The van der Waals surface area contributed by atoms with Crippen molar-refractivity contribution in [3.8, 4) is 45.3 Å². The summed E-state index contributed by atoms with van der Waals surface area (Å²) in [5.41, 5.74) is 6.53. The number of benzene rings is 9. The van der Waals surface area contributed by atoms with Crippen molar-refractivity contribution in [3.05, 3.63) is 176 Å². The van der Waals surface area contributed by atoms with E-state index in [4.69, 9.17) is 19.4 Å². The molecule has 0 saturated heterocycles. The van der Waals surface area contributed by atoms with E-state index < -0.39 is 0 Å². The molecule has 2 heterocycles. The van der Waals surface area contributed by atoms with E-state index in [2.05, 4.69) is 146 Å². The second-order valence-electron chi connectivity index (χ2n) is 13.6. The lowest BCUT2D eigenvalue weighted by atomic mass is 9.91. The van der Waals surface area contributed by atoms with Crippen molar-refractivity contribution in [2.24, 2.45) is 0 Å². The molecule has 0 N–H and O–H groups in total. The van der Waals surface area contributed by atoms with Crippen LogP contribution in [0.15, 0.2) is 180 Å². The fourth-order valence-electron chi connectivity index (χ4n) is 7.91. The Labute approximate surface area is 304 Å². The van der Waals surface area contributed by atoms with Gasteiger partial charge in [0.2, 0.25) is 0 Å². The fourth-order valence-corrected chi connectivity index (χ4v) is 7.91. The van der Waals surface area contributed by atoms with Crippen LogP contribution in [0.2, 0.25) is 0 Å². The Kier molecular flexibility index (Phi) is 6.52. The van der Waals surface area contributed by atoms with Gasteiger partial charge in [0.1, 0.15) is 11.2 Å². The molecule has 9 aromatic carbocycles. The molecule has 2 aromatic heterocycles. The highest BCUT2D eigenvalue weighted by Gasteiger charge is 2.22. The van der Waals surface area contributed by atoms with Gasteiger partial charge in [-0.25, -0.2) is 15.0 Å². The summed E-state index contributed by atoms with van der Waals surface area (Å²) < 4.78 is 6.98. The van der Waals surface area contributed by atoms with Gasteiger partial charge < -0.3 is 4.42 Å². The van der Waals surface area contributed by atoms with Crippen LogP contribution in [-0.2, 0) is 0 Å². The zero-order chi connectivity index (χ0) is 34.9. The Morgan fingerprint density at radius 3 is 1.70 bits per heavy atom. The van der Waals surface area contributed by atoms with Gasteiger partial charge >= 0.3 is 0 Å². The van der Waals surface area contributed by atoms with Crippen molar-refractivity contribution >= 4 is 65.0 Å². The zero-order valence-corrected chi connectivity index (χ0v) is 28.5. The van der Waals surface area contributed by atoms with E-state index in [1.807, 2.05) is 30.3 Å². The number of aromatic nitrogens is 3. The summed E-state index contributed by atoms with van der Waals surface area (Å²) in [7, 11) is 0. The zero-order valence-electron chi connectivity index (χ0n) is 28.5. The second kappa shape index (κ2) is 11.7. The van der Waals surface area contributed by atoms with Crippen LogP contribution in [0.5, 0.6) is 0 Å². The summed E-state index contributed by atoms with van der Waals surface area (Å²) in [6.07, 6.45) is 0. The van der Waals surface area contributed by atoms with E-state index in [0.717, 1.165) is 65.9 Å². The fraction of sp³-hybridized carbons (Fsp3) is 0. The van der Waals surface area contributed by atoms with Crippen LogP contribution in [0.4, 0.5) is 0 Å². The van der Waals surface area contributed by atoms with Crippen molar-refractivity contribution in [2.45, 2.75) is 0 Å². The van der Waals surface area contributed by atoms with Crippen LogP contribution < -0.4 is 0 Å². The molecule has 53 heavy (non-hydrogen) atoms. The number of nitrogens with zero attached hydrogens (tertiary/aromatic N) is 3. The number of hydrogen-bond donors (Lipinski definition) is 0. The Hall–Kier alpha value is -7.17. The van der Waals surface area contributed by atoms with Gasteiger partial charge in [0.15, 0.2) is 17.5 Å². The lowest BCUT2D eigenvalue weighted by Crippen LogP contribution is -2.00. The van der Waals surface area contributed by atoms with Gasteiger partial charge in [0.25, 0.3) is 0 Å². The second-order valence-corrected chi connectivity index (χ2v) is 13.6. The maximum atomic E-state index is 6.98. The third kappa shape index (κ3) is 4.80. The summed E-state index contributed by atoms with van der Waals surface area (Å²) in [6.45, 7) is 0. The van der Waals surface area contributed by atoms with E-state index in [1.165, 1.54) is 26.9 Å². The Morgan fingerprint density at radius 1 is 0.321 bits per heavy atom. The summed E-state index contributed by atoms with van der Waals surface area (Å²) in [6, 6.07) is 61.6. The Bertz CT molecular complexity index is 3240. The topological polar surface area (TPSA) is 51.8 Å². The third-order valence-electron chi connectivity index (χ3n) is 10.5. The summed E-state index contributed by atoms with van der Waals surface area (Å²) in [5, 5.41) is 11.4. The minimum atomic E-state index is 0.595. The van der Waals surface area contributed by atoms with Crippen molar-refractivity contribution in [1.29, 1.82) is 0 Å². The van der Waals surface area contributed by atoms with Crippen LogP contribution in [0.3, 0.4) is 0 Å². The molecule has 0 unspecified atom stereocenters. The van der Waals surface area contributed by atoms with Crippen molar-refractivity contribution in [2.75, 3.05) is 0 Å². The van der Waals surface area contributed by atoms with Crippen LogP contribution in [0.1, 0.15) is 0 Å². The van der Waals surface area contributed by atoms with Gasteiger partial charge in [-0.15, -0.1) is 0 Å². The molecule has 0 bridgehead atoms. The number of fused-ring (bicyclic) bond motifs is 8. The molecule has 0 aliphatic rings. The maximum absolute atomic E-state index is 6.98. The van der Waals surface area contributed by atoms with E-state index >= 15 is 0 Å². The highest BCUT2D eigenvalue weighted by molar-refractivity contribution is 6.21. The quantitative estimate of drug-likeness (QED) is 0.174. The first-order valence-corrected chi connectivity index (χ1v) is 17.9. The Balaban J connectivity index is 1.23. The SMILES string of the molecule is c1ccc(-c2nc(-c3ccc4ccccc4c3)nc(-c3ccc(-c4cc5ccccc5c5ccccc45)c4oc5cc6ccccc6cc5c34)n2)cc1. The van der Waals surface area contributed by atoms with Crippen LogP contribution >= 0.6 is 0 Å². The molecular formula is C49H29N3O. The molecule has 4 nitrogen and oxygen atoms in total. The molecule has 0 aliphatic carbocycles. The number of hydrogen-bond acceptors (Lipinski definition) is 4. The average molecular weight is 676 g/mol. The predicted molar refractivity (Wildman–Crippen MR) is 219 cm³/mol. The van der Waals surface area contributed by atoms with Crippen molar-refractivity contribution in [1.82, 2.24) is 15.0 Å². The van der Waals surface area contributed by atoms with Gasteiger partial charge in [-0.1, -0.05) is 140 Å². The van der Waals surface area contributed by atoms with Gasteiger partial charge in [-0.2, -0.15) is 0 Å². The molecular weight excluding hydrogens is 647 g/mol. The smallest absolute Gasteiger partial charge is 0.164 e. The molecule has 0 radical (unpaired) electrons. The standard InChI is InChI=1S/C49H29N3O/c1-2-13-31(14-3-1)47-50-48(36-23-22-30-12-4-5-15-32(30)26-36)52-49(51-47)41-25-24-40(42-28-35-18-8-9-19-37(35)38-20-10-11-21-39(38)42)46-45(41)43-27-33-16-6-7-17-34(33)29-44(43)53-46/h1-29H. The maximum Gasteiger partial charge on any atom is 0.164 e. The molecule has 4 heteroatoms. The van der Waals surface area contributed by atoms with Crippen molar-refractivity contribution in [3.63, 3.8) is 0 Å². The van der Waals surface area contributed by atoms with Crippen molar-refractivity contribution < 1.29 is 4.42 Å². The first kappa shape index (κ1) is 29.5. The normalized spacial score (nSPS) is 11.8. The third-order valence-corrected chi connectivity index (χ3v) is 10.5. The lowest BCUT2D eigenvalue weighted by molar-refractivity contribution is 0.670. The molecule has 11 aromatic rings. The summed E-state index contributed by atoms with van der Waals surface area (Å²) >= 11 is 0. The number of rotatable bonds is 4. The molecule has 0 amide bonds. The average Bonchev–Trinajstić information content (AvgIpc) is 3.60. The predicted octanol–water partition coefficient (Wildman–Crippen LogP) is 13.1. The highest BCUT2D eigenvalue weighted by Crippen LogP contribution is 2.45. The first-order valence-electron chi connectivity index (χ1n) is 17.9. The van der Waals surface area contributed by atoms with Gasteiger partial charge in [0, 0.05) is 33.0 Å². The van der Waals surface area contributed by atoms with E-state index in [1.54, 1.807) is 0 Å². The van der Waals surface area contributed by atoms with Gasteiger partial charge in [-0.05, 0) is 85.1 Å². The molecule has 0 atom stereocenters. The number of furan rings is 1. The van der Waals surface area contributed by atoms with Gasteiger partial charge in [0.05, 0.1) is 0 Å². The molecule has 11 rings (SSSR count). The molecule has 246 valence electrons. The minimum absolute atomic E-state index is 0.595. The van der Waals surface area contributed by atoms with E-state index in [9.17, 15) is 0 Å². The lowest BCUT2D eigenvalue weighted by Gasteiger charge is -2.13. The molecule has 0 aliphatic heterocycles. The highest BCUT2D eigenvalue weighted by atomic mass is 16.3. The first-order chi connectivity index (χ1) is 26.2. The van der Waals surface area contributed by atoms with Crippen LogP contribution in [0.25, 0.3) is 110 Å². The summed E-state index contributed by atoms with van der Waals surface area (Å²) in [5.74, 6) is 1.84. The summed E-state index contributed by atoms with van der Waals surface area (Å²) in [4.78, 5) is 15.5. The molecule has 0 saturated carbocycles. The van der Waals surface area contributed by atoms with E-state index in [-0.39, 0.29) is 0 Å². The monoisotopic (exact) mass is 675 g/mol.